The Morgan fingerprint density at radius 1 is 1.18 bits per heavy atom. The summed E-state index contributed by atoms with van der Waals surface area (Å²) in [6.45, 7) is 3.82. The van der Waals surface area contributed by atoms with Crippen LogP contribution in [-0.4, -0.2) is 83.4 Å². The Balaban J connectivity index is 1.47. The number of hydrogen-bond acceptors (Lipinski definition) is 7. The Morgan fingerprint density at radius 3 is 2.82 bits per heavy atom. The van der Waals surface area contributed by atoms with Crippen molar-refractivity contribution in [2.24, 2.45) is 0 Å². The summed E-state index contributed by atoms with van der Waals surface area (Å²) in [7, 11) is 4.32. The number of rotatable bonds is 5. The van der Waals surface area contributed by atoms with Crippen molar-refractivity contribution in [2.75, 3.05) is 45.7 Å². The number of anilines is 1. The van der Waals surface area contributed by atoms with Crippen LogP contribution in [0, 0.1) is 0 Å². The van der Waals surface area contributed by atoms with E-state index in [-0.39, 0.29) is 6.10 Å². The third-order valence-corrected chi connectivity index (χ3v) is 6.02. The zero-order chi connectivity index (χ0) is 19.5. The number of ether oxygens (including phenoxy) is 1. The van der Waals surface area contributed by atoms with Gasteiger partial charge in [-0.1, -0.05) is 12.1 Å². The first kappa shape index (κ1) is 19.4. The molecule has 0 spiro atoms. The molecular formula is C21H31N5O2. The van der Waals surface area contributed by atoms with Crippen molar-refractivity contribution in [1.29, 1.82) is 0 Å². The number of aromatic nitrogens is 2. The minimum Gasteiger partial charge on any atom is -0.490 e. The summed E-state index contributed by atoms with van der Waals surface area (Å²) in [5.74, 6) is 1.45. The van der Waals surface area contributed by atoms with Crippen LogP contribution < -0.4 is 10.1 Å². The fourth-order valence-electron chi connectivity index (χ4n) is 4.08. The number of piperazine rings is 1. The van der Waals surface area contributed by atoms with Gasteiger partial charge in [0.1, 0.15) is 17.9 Å². The highest BCUT2D eigenvalue weighted by atomic mass is 16.5. The van der Waals surface area contributed by atoms with E-state index in [0.717, 1.165) is 62.0 Å². The third kappa shape index (κ3) is 4.54. The Labute approximate surface area is 166 Å². The average Bonchev–Trinajstić information content (AvgIpc) is 2.70. The molecule has 0 radical (unpaired) electrons. The molecule has 2 fully saturated rings. The molecule has 1 aliphatic carbocycles. The average molecular weight is 386 g/mol. The minimum absolute atomic E-state index is 0.160. The molecule has 2 N–H and O–H groups in total. The molecule has 7 heteroatoms. The van der Waals surface area contributed by atoms with Crippen LogP contribution in [0.2, 0.25) is 0 Å². The Bertz CT molecular complexity index is 793. The summed E-state index contributed by atoms with van der Waals surface area (Å²) >= 11 is 0. The predicted molar refractivity (Wildman–Crippen MR) is 111 cm³/mol. The topological polar surface area (TPSA) is 73.8 Å². The van der Waals surface area contributed by atoms with Gasteiger partial charge in [0, 0.05) is 37.3 Å². The molecule has 4 rings (SSSR count). The number of fused-ring (bicyclic) bond motifs is 1. The molecule has 28 heavy (non-hydrogen) atoms. The molecule has 1 saturated carbocycles. The van der Waals surface area contributed by atoms with Gasteiger partial charge in [0.2, 0.25) is 5.95 Å². The van der Waals surface area contributed by atoms with Crippen molar-refractivity contribution >= 4 is 16.9 Å². The first-order valence-corrected chi connectivity index (χ1v) is 10.3. The summed E-state index contributed by atoms with van der Waals surface area (Å²) in [6.07, 6.45) is 5.26. The van der Waals surface area contributed by atoms with Gasteiger partial charge < -0.3 is 20.1 Å². The zero-order valence-electron chi connectivity index (χ0n) is 16.8. The molecule has 1 aliphatic heterocycles. The largest absolute Gasteiger partial charge is 0.490 e. The summed E-state index contributed by atoms with van der Waals surface area (Å²) in [5.41, 5.74) is 0.850. The number of aliphatic hydroxyl groups is 1. The van der Waals surface area contributed by atoms with Gasteiger partial charge in [-0.05, 0) is 45.8 Å². The lowest BCUT2D eigenvalue weighted by Crippen LogP contribution is -2.52. The number of para-hydroxylation sites is 1. The van der Waals surface area contributed by atoms with E-state index in [1.165, 1.54) is 0 Å². The predicted octanol–water partition coefficient (Wildman–Crippen LogP) is 1.97. The lowest BCUT2D eigenvalue weighted by molar-refractivity contribution is 0.0785. The SMILES string of the molecule is CN1CCN(C)C(COc2cccc3cnc(N[C@H]4CC[C@H](O)CC4)nc23)C1. The molecule has 1 aromatic carbocycles. The van der Waals surface area contributed by atoms with Gasteiger partial charge in [-0.2, -0.15) is 0 Å². The molecule has 2 aliphatic rings. The van der Waals surface area contributed by atoms with Crippen molar-refractivity contribution in [1.82, 2.24) is 19.8 Å². The number of benzene rings is 1. The van der Waals surface area contributed by atoms with Gasteiger partial charge in [0.05, 0.1) is 12.1 Å². The maximum atomic E-state index is 9.69. The monoisotopic (exact) mass is 385 g/mol. The fraction of sp³-hybridized carbons (Fsp3) is 0.619. The lowest BCUT2D eigenvalue weighted by atomic mass is 9.93. The van der Waals surface area contributed by atoms with Crippen LogP contribution in [0.1, 0.15) is 25.7 Å². The van der Waals surface area contributed by atoms with Gasteiger partial charge in [-0.25, -0.2) is 9.97 Å². The van der Waals surface area contributed by atoms with Crippen molar-refractivity contribution < 1.29 is 9.84 Å². The molecule has 7 nitrogen and oxygen atoms in total. The molecule has 0 amide bonds. The summed E-state index contributed by atoms with van der Waals surface area (Å²) in [4.78, 5) is 13.9. The lowest BCUT2D eigenvalue weighted by Gasteiger charge is -2.37. The number of nitrogens with one attached hydrogen (secondary N) is 1. The molecule has 152 valence electrons. The molecule has 1 aromatic heterocycles. The summed E-state index contributed by atoms with van der Waals surface area (Å²) in [6, 6.07) is 6.70. The van der Waals surface area contributed by atoms with E-state index < -0.39 is 0 Å². The first-order chi connectivity index (χ1) is 13.6. The van der Waals surface area contributed by atoms with Gasteiger partial charge in [-0.15, -0.1) is 0 Å². The third-order valence-electron chi connectivity index (χ3n) is 6.02. The maximum absolute atomic E-state index is 9.69. The molecule has 1 saturated heterocycles. The van der Waals surface area contributed by atoms with Gasteiger partial charge in [0.15, 0.2) is 0 Å². The fourth-order valence-corrected chi connectivity index (χ4v) is 4.08. The normalized spacial score (nSPS) is 27.0. The molecule has 1 unspecified atom stereocenters. The summed E-state index contributed by atoms with van der Waals surface area (Å²) < 4.78 is 6.22. The van der Waals surface area contributed by atoms with Gasteiger partial charge in [-0.3, -0.25) is 4.90 Å². The second kappa shape index (κ2) is 8.59. The van der Waals surface area contributed by atoms with E-state index in [0.29, 0.717) is 24.6 Å². The maximum Gasteiger partial charge on any atom is 0.223 e. The second-order valence-corrected chi connectivity index (χ2v) is 8.25. The Hall–Kier alpha value is -1.96. The van der Waals surface area contributed by atoms with Crippen LogP contribution >= 0.6 is 0 Å². The van der Waals surface area contributed by atoms with Crippen molar-refractivity contribution in [3.8, 4) is 5.75 Å². The van der Waals surface area contributed by atoms with Crippen LogP contribution in [0.3, 0.4) is 0 Å². The Kier molecular flexibility index (Phi) is 5.94. The van der Waals surface area contributed by atoms with Crippen molar-refractivity contribution in [2.45, 2.75) is 43.9 Å². The number of hydrogen-bond donors (Lipinski definition) is 2. The molecular weight excluding hydrogens is 354 g/mol. The van der Waals surface area contributed by atoms with Crippen molar-refractivity contribution in [3.05, 3.63) is 24.4 Å². The number of aliphatic hydroxyl groups excluding tert-OH is 1. The number of likely N-dealkylation sites (N-methyl/N-ethyl adjacent to an activating group) is 2. The van der Waals surface area contributed by atoms with E-state index >= 15 is 0 Å². The second-order valence-electron chi connectivity index (χ2n) is 8.25. The first-order valence-electron chi connectivity index (χ1n) is 10.3. The van der Waals surface area contributed by atoms with Crippen LogP contribution in [0.25, 0.3) is 10.9 Å². The van der Waals surface area contributed by atoms with Crippen molar-refractivity contribution in [3.63, 3.8) is 0 Å². The number of nitrogens with zero attached hydrogens (tertiary/aromatic N) is 4. The summed E-state index contributed by atoms with van der Waals surface area (Å²) in [5, 5.41) is 14.1. The van der Waals surface area contributed by atoms with E-state index in [1.54, 1.807) is 0 Å². The van der Waals surface area contributed by atoms with Crippen LogP contribution in [0.4, 0.5) is 5.95 Å². The molecule has 1 atom stereocenters. The molecule has 0 bridgehead atoms. The zero-order valence-corrected chi connectivity index (χ0v) is 16.8. The van der Waals surface area contributed by atoms with E-state index in [2.05, 4.69) is 34.2 Å². The smallest absolute Gasteiger partial charge is 0.223 e. The van der Waals surface area contributed by atoms with Crippen LogP contribution in [-0.2, 0) is 0 Å². The standard InChI is InChI=1S/C21H31N5O2/c1-25-10-11-26(2)17(13-25)14-28-19-5-3-4-15-12-22-21(24-20(15)19)23-16-6-8-18(27)9-7-16/h3-5,12,16-18,27H,6-11,13-14H2,1-2H3,(H,22,23,24)/t16-,17?,18-. The molecule has 2 aromatic rings. The van der Waals surface area contributed by atoms with Crippen LogP contribution in [0.15, 0.2) is 24.4 Å². The minimum atomic E-state index is -0.160. The quantitative estimate of drug-likeness (QED) is 0.815. The molecule has 2 heterocycles. The highest BCUT2D eigenvalue weighted by Crippen LogP contribution is 2.26. The van der Waals surface area contributed by atoms with E-state index in [1.807, 2.05) is 24.4 Å². The Morgan fingerprint density at radius 2 is 2.00 bits per heavy atom. The van der Waals surface area contributed by atoms with E-state index in [4.69, 9.17) is 9.72 Å². The highest BCUT2D eigenvalue weighted by Gasteiger charge is 2.23. The van der Waals surface area contributed by atoms with Crippen LogP contribution in [0.5, 0.6) is 5.75 Å². The van der Waals surface area contributed by atoms with Gasteiger partial charge >= 0.3 is 0 Å². The van der Waals surface area contributed by atoms with Gasteiger partial charge in [0.25, 0.3) is 0 Å². The van der Waals surface area contributed by atoms with E-state index in [9.17, 15) is 5.11 Å². The highest BCUT2D eigenvalue weighted by molar-refractivity contribution is 5.84.